The van der Waals surface area contributed by atoms with E-state index in [1.807, 2.05) is 66.7 Å². The molecule has 2 amide bonds. The van der Waals surface area contributed by atoms with Gasteiger partial charge < -0.3 is 10.4 Å². The van der Waals surface area contributed by atoms with Gasteiger partial charge in [-0.1, -0.05) is 84.8 Å². The summed E-state index contributed by atoms with van der Waals surface area (Å²) in [6.07, 6.45) is 5.40. The molecule has 0 aliphatic carbocycles. The largest absolute Gasteiger partial charge is 0.493 e. The zero-order valence-electron chi connectivity index (χ0n) is 18.3. The topological polar surface area (TPSA) is 96.0 Å². The average molecular weight is 450 g/mol. The summed E-state index contributed by atoms with van der Waals surface area (Å²) < 4.78 is 1.51. The molecule has 0 aliphatic heterocycles. The number of carbonyl (C=O) groups excluding carboxylic acids is 2. The van der Waals surface area contributed by atoms with Crippen molar-refractivity contribution in [3.63, 3.8) is 0 Å². The number of rotatable bonds is 7. The molecule has 34 heavy (non-hydrogen) atoms. The number of azo groups is 1. The lowest BCUT2D eigenvalue weighted by Gasteiger charge is -2.17. The summed E-state index contributed by atoms with van der Waals surface area (Å²) >= 11 is 0. The van der Waals surface area contributed by atoms with Crippen molar-refractivity contribution in [3.05, 3.63) is 96.1 Å². The van der Waals surface area contributed by atoms with E-state index in [0.717, 1.165) is 11.1 Å². The van der Waals surface area contributed by atoms with Crippen LogP contribution < -0.4 is 5.32 Å². The van der Waals surface area contributed by atoms with Gasteiger partial charge in [-0.05, 0) is 17.2 Å². The quantitative estimate of drug-likeness (QED) is 0.320. The van der Waals surface area contributed by atoms with Crippen LogP contribution in [0.3, 0.4) is 0 Å². The van der Waals surface area contributed by atoms with Gasteiger partial charge in [-0.15, -0.1) is 16.7 Å². The molecule has 0 fully saturated rings. The third-order valence-electron chi connectivity index (χ3n) is 5.37. The number of carbonyl (C=O) groups is 2. The van der Waals surface area contributed by atoms with Crippen molar-refractivity contribution in [2.45, 2.75) is 12.5 Å². The molecule has 1 aromatic heterocycles. The van der Waals surface area contributed by atoms with E-state index < -0.39 is 11.8 Å². The maximum absolute atomic E-state index is 13.0. The fraction of sp³-hybridized carbons (Fsp3) is 0.111. The normalized spacial score (nSPS) is 11.1. The van der Waals surface area contributed by atoms with Crippen LogP contribution in [0, 0.1) is 12.3 Å². The van der Waals surface area contributed by atoms with E-state index in [-0.39, 0.29) is 30.6 Å². The van der Waals surface area contributed by atoms with Crippen LogP contribution in [0.5, 0.6) is 5.88 Å². The number of amides is 2. The lowest BCUT2D eigenvalue weighted by atomic mass is 9.90. The van der Waals surface area contributed by atoms with Gasteiger partial charge in [-0.2, -0.15) is 0 Å². The SMILES string of the molecule is C#CCn1c(O)c(N=NC(=O)CNC(=O)C(c2ccccc2)c2ccccc2)c2ccccc21. The second-order valence-electron chi connectivity index (χ2n) is 7.55. The number of nitrogens with zero attached hydrogens (tertiary/aromatic N) is 3. The molecule has 7 heteroatoms. The van der Waals surface area contributed by atoms with Crippen molar-refractivity contribution in [2.24, 2.45) is 10.2 Å². The molecule has 2 N–H and O–H groups in total. The van der Waals surface area contributed by atoms with Crippen molar-refractivity contribution < 1.29 is 14.7 Å². The summed E-state index contributed by atoms with van der Waals surface area (Å²) in [5.41, 5.74) is 2.45. The molecule has 0 spiro atoms. The highest BCUT2D eigenvalue weighted by Crippen LogP contribution is 2.38. The number of aromatic hydroxyl groups is 1. The minimum atomic E-state index is -0.651. The van der Waals surface area contributed by atoms with E-state index in [1.165, 1.54) is 4.57 Å². The van der Waals surface area contributed by atoms with Crippen LogP contribution in [0.25, 0.3) is 10.9 Å². The standard InChI is InChI=1S/C27H22N4O3/c1-2-17-31-22-16-10-9-15-21(22)25(27(31)34)30-29-23(32)18-28-26(33)24(19-11-5-3-6-12-19)20-13-7-4-8-14-20/h1,3-16,24,34H,17-18H2,(H,28,33). The van der Waals surface area contributed by atoms with Gasteiger partial charge in [0.25, 0.3) is 5.91 Å². The Labute approximate surface area is 196 Å². The summed E-state index contributed by atoms with van der Waals surface area (Å²) in [7, 11) is 0. The van der Waals surface area contributed by atoms with Gasteiger partial charge in [0.2, 0.25) is 11.8 Å². The third-order valence-corrected chi connectivity index (χ3v) is 5.37. The maximum atomic E-state index is 13.0. The average Bonchev–Trinajstić information content (AvgIpc) is 3.14. The van der Waals surface area contributed by atoms with E-state index >= 15 is 0 Å². The molecule has 3 aromatic carbocycles. The molecular weight excluding hydrogens is 428 g/mol. The second-order valence-corrected chi connectivity index (χ2v) is 7.55. The summed E-state index contributed by atoms with van der Waals surface area (Å²) in [5, 5.41) is 21.5. The van der Waals surface area contributed by atoms with Crippen LogP contribution >= 0.6 is 0 Å². The van der Waals surface area contributed by atoms with Crippen LogP contribution in [0.4, 0.5) is 5.69 Å². The van der Waals surface area contributed by atoms with Gasteiger partial charge >= 0.3 is 0 Å². The predicted molar refractivity (Wildman–Crippen MR) is 130 cm³/mol. The minimum absolute atomic E-state index is 0.145. The maximum Gasteiger partial charge on any atom is 0.283 e. The fourth-order valence-electron chi connectivity index (χ4n) is 3.81. The summed E-state index contributed by atoms with van der Waals surface area (Å²) in [4.78, 5) is 25.4. The Bertz CT molecular complexity index is 1350. The molecule has 0 aliphatic rings. The van der Waals surface area contributed by atoms with Crippen LogP contribution in [0.15, 0.2) is 95.2 Å². The second kappa shape index (κ2) is 10.3. The van der Waals surface area contributed by atoms with Gasteiger partial charge in [-0.25, -0.2) is 0 Å². The number of hydrogen-bond donors (Lipinski definition) is 2. The number of terminal acetylenes is 1. The van der Waals surface area contributed by atoms with E-state index in [2.05, 4.69) is 21.5 Å². The lowest BCUT2D eigenvalue weighted by Crippen LogP contribution is -2.33. The number of hydrogen-bond acceptors (Lipinski definition) is 4. The van der Waals surface area contributed by atoms with Gasteiger partial charge in [0, 0.05) is 5.39 Å². The van der Waals surface area contributed by atoms with Crippen LogP contribution in [-0.4, -0.2) is 28.0 Å². The van der Waals surface area contributed by atoms with Crippen LogP contribution in [0.1, 0.15) is 17.0 Å². The summed E-state index contributed by atoms with van der Waals surface area (Å²) in [6.45, 7) is -0.186. The smallest absolute Gasteiger partial charge is 0.283 e. The van der Waals surface area contributed by atoms with E-state index in [9.17, 15) is 14.7 Å². The van der Waals surface area contributed by atoms with Crippen molar-refractivity contribution in [2.75, 3.05) is 6.54 Å². The molecule has 0 unspecified atom stereocenters. The molecule has 0 bridgehead atoms. The van der Waals surface area contributed by atoms with Crippen molar-refractivity contribution in [3.8, 4) is 18.2 Å². The lowest BCUT2D eigenvalue weighted by molar-refractivity contribution is -0.125. The Morgan fingerprint density at radius 3 is 2.15 bits per heavy atom. The van der Waals surface area contributed by atoms with E-state index in [1.54, 1.807) is 18.2 Å². The van der Waals surface area contributed by atoms with Gasteiger partial charge in [-0.3, -0.25) is 14.2 Å². The fourth-order valence-corrected chi connectivity index (χ4v) is 3.81. The Balaban J connectivity index is 1.50. The van der Waals surface area contributed by atoms with Gasteiger partial charge in [0.1, 0.15) is 6.54 Å². The molecule has 4 aromatic rings. The molecule has 0 saturated heterocycles. The monoisotopic (exact) mass is 450 g/mol. The minimum Gasteiger partial charge on any atom is -0.493 e. The Kier molecular flexibility index (Phi) is 6.80. The predicted octanol–water partition coefficient (Wildman–Crippen LogP) is 4.54. The summed E-state index contributed by atoms with van der Waals surface area (Å²) in [5.74, 6) is 0.761. The highest BCUT2D eigenvalue weighted by molar-refractivity contribution is 5.95. The molecule has 1 heterocycles. The number of aromatic nitrogens is 1. The van der Waals surface area contributed by atoms with Crippen molar-refractivity contribution >= 4 is 28.4 Å². The van der Waals surface area contributed by atoms with E-state index in [4.69, 9.17) is 6.42 Å². The van der Waals surface area contributed by atoms with Crippen LogP contribution in [0.2, 0.25) is 0 Å². The zero-order valence-corrected chi connectivity index (χ0v) is 18.3. The first-order chi connectivity index (χ1) is 16.6. The first kappa shape index (κ1) is 22.5. The van der Waals surface area contributed by atoms with Crippen molar-refractivity contribution in [1.82, 2.24) is 9.88 Å². The number of nitrogens with one attached hydrogen (secondary N) is 1. The molecule has 0 radical (unpaired) electrons. The molecule has 168 valence electrons. The van der Waals surface area contributed by atoms with Crippen molar-refractivity contribution in [1.29, 1.82) is 0 Å². The first-order valence-corrected chi connectivity index (χ1v) is 10.7. The highest BCUT2D eigenvalue weighted by atomic mass is 16.3. The zero-order chi connectivity index (χ0) is 23.9. The Morgan fingerprint density at radius 2 is 1.53 bits per heavy atom. The Hall–Kier alpha value is -4.70. The van der Waals surface area contributed by atoms with Gasteiger partial charge in [0.05, 0.1) is 18.0 Å². The molecule has 0 saturated carbocycles. The molecule has 7 nitrogen and oxygen atoms in total. The van der Waals surface area contributed by atoms with Gasteiger partial charge in [0.15, 0.2) is 5.69 Å². The Morgan fingerprint density at radius 1 is 0.941 bits per heavy atom. The summed E-state index contributed by atoms with van der Waals surface area (Å²) in [6, 6.07) is 25.8. The third kappa shape index (κ3) is 4.71. The highest BCUT2D eigenvalue weighted by Gasteiger charge is 2.23. The molecule has 0 atom stereocenters. The number of para-hydroxylation sites is 1. The number of fused-ring (bicyclic) bond motifs is 1. The molecular formula is C27H22N4O3. The molecule has 4 rings (SSSR count). The number of benzene rings is 3. The van der Waals surface area contributed by atoms with E-state index in [0.29, 0.717) is 10.9 Å². The first-order valence-electron chi connectivity index (χ1n) is 10.7. The van der Waals surface area contributed by atoms with Crippen LogP contribution in [-0.2, 0) is 16.1 Å².